The Kier molecular flexibility index (Phi) is 7.01. The van der Waals surface area contributed by atoms with Gasteiger partial charge in [0.15, 0.2) is 11.6 Å². The molecule has 5 rings (SSSR count). The molecule has 0 bridgehead atoms. The van der Waals surface area contributed by atoms with E-state index in [1.807, 2.05) is 6.08 Å². The Morgan fingerprint density at radius 2 is 1.85 bits per heavy atom. The fourth-order valence-electron chi connectivity index (χ4n) is 6.64. The van der Waals surface area contributed by atoms with Crippen LogP contribution in [0.25, 0.3) is 0 Å². The van der Waals surface area contributed by atoms with E-state index in [-0.39, 0.29) is 48.5 Å². The first kappa shape index (κ1) is 26.6. The molecule has 1 aromatic carbocycles. The molecule has 4 unspecified atom stereocenters. The molecule has 1 fully saturated rings. The number of ether oxygens (including phenoxy) is 1. The van der Waals surface area contributed by atoms with Gasteiger partial charge in [0.1, 0.15) is 11.5 Å². The van der Waals surface area contributed by atoms with Crippen molar-refractivity contribution in [3.05, 3.63) is 58.2 Å². The summed E-state index contributed by atoms with van der Waals surface area (Å²) in [5, 5.41) is 19.8. The molecule has 1 heterocycles. The Balaban J connectivity index is 1.51. The van der Waals surface area contributed by atoms with Crippen LogP contribution in [0.3, 0.4) is 0 Å². The second-order valence-electron chi connectivity index (χ2n) is 10.7. The van der Waals surface area contributed by atoms with Gasteiger partial charge >= 0.3 is 5.97 Å². The van der Waals surface area contributed by atoms with Gasteiger partial charge in [0.05, 0.1) is 18.9 Å². The summed E-state index contributed by atoms with van der Waals surface area (Å²) in [6.07, 6.45) is 5.36. The van der Waals surface area contributed by atoms with Crippen LogP contribution in [0.1, 0.15) is 56.9 Å². The van der Waals surface area contributed by atoms with Crippen molar-refractivity contribution >= 4 is 29.4 Å². The van der Waals surface area contributed by atoms with E-state index in [0.717, 1.165) is 5.57 Å². The van der Waals surface area contributed by atoms with Crippen molar-refractivity contribution in [2.45, 2.75) is 51.4 Å². The highest BCUT2D eigenvalue weighted by molar-refractivity contribution is 6.23. The first-order valence-electron chi connectivity index (χ1n) is 13.3. The van der Waals surface area contributed by atoms with E-state index in [2.05, 4.69) is 0 Å². The van der Waals surface area contributed by atoms with E-state index < -0.39 is 29.6 Å². The minimum atomic E-state index is -0.878. The zero-order valence-corrected chi connectivity index (χ0v) is 21.9. The lowest BCUT2D eigenvalue weighted by Gasteiger charge is -2.42. The number of allylic oxidation sites excluding steroid dienone is 6. The van der Waals surface area contributed by atoms with Crippen LogP contribution in [0.4, 0.5) is 0 Å². The average Bonchev–Trinajstić information content (AvgIpc) is 3.15. The normalized spacial score (nSPS) is 26.2. The topological polar surface area (TPSA) is 138 Å². The average molecular weight is 534 g/mol. The number of benzene rings is 1. The molecule has 0 saturated carbocycles. The van der Waals surface area contributed by atoms with E-state index in [9.17, 15) is 29.1 Å². The lowest BCUT2D eigenvalue weighted by molar-refractivity contribution is -0.141. The Bertz CT molecular complexity index is 1380. The number of likely N-dealkylation sites (tertiary alicyclic amines) is 1. The number of hydrogen-bond acceptors (Lipinski definition) is 7. The van der Waals surface area contributed by atoms with Crippen LogP contribution in [0.5, 0.6) is 11.5 Å². The minimum Gasteiger partial charge on any atom is -0.507 e. The monoisotopic (exact) mass is 533 g/mol. The fourth-order valence-corrected chi connectivity index (χ4v) is 6.64. The van der Waals surface area contributed by atoms with Gasteiger partial charge in [-0.05, 0) is 50.7 Å². The summed E-state index contributed by atoms with van der Waals surface area (Å²) in [7, 11) is 1.48. The van der Waals surface area contributed by atoms with Gasteiger partial charge in [-0.15, -0.1) is 0 Å². The summed E-state index contributed by atoms with van der Waals surface area (Å²) in [4.78, 5) is 65.7. The number of rotatable bonds is 8. The van der Waals surface area contributed by atoms with Crippen molar-refractivity contribution in [3.63, 3.8) is 0 Å². The van der Waals surface area contributed by atoms with E-state index in [1.54, 1.807) is 19.1 Å². The Hall–Kier alpha value is -4.01. The largest absolute Gasteiger partial charge is 0.507 e. The molecule has 3 aliphatic carbocycles. The minimum absolute atomic E-state index is 0.0418. The predicted molar refractivity (Wildman–Crippen MR) is 139 cm³/mol. The van der Waals surface area contributed by atoms with E-state index >= 15 is 0 Å². The van der Waals surface area contributed by atoms with Crippen LogP contribution >= 0.6 is 0 Å². The highest BCUT2D eigenvalue weighted by Gasteiger charge is 2.56. The molecule has 0 aromatic heterocycles. The highest BCUT2D eigenvalue weighted by atomic mass is 16.5. The molecule has 9 heteroatoms. The summed E-state index contributed by atoms with van der Waals surface area (Å²) < 4.78 is 5.22. The maximum absolute atomic E-state index is 13.7. The number of aromatic hydroxyl groups is 1. The number of ketones is 2. The molecule has 2 amide bonds. The third-order valence-corrected chi connectivity index (χ3v) is 8.47. The molecular weight excluding hydrogens is 502 g/mol. The number of unbranched alkanes of at least 4 members (excludes halogenated alkanes) is 2. The van der Waals surface area contributed by atoms with E-state index in [0.29, 0.717) is 53.7 Å². The summed E-state index contributed by atoms with van der Waals surface area (Å²) in [6, 6.07) is 4.81. The Morgan fingerprint density at radius 3 is 2.54 bits per heavy atom. The van der Waals surface area contributed by atoms with Crippen LogP contribution < -0.4 is 4.74 Å². The molecule has 0 radical (unpaired) electrons. The smallest absolute Gasteiger partial charge is 0.303 e. The summed E-state index contributed by atoms with van der Waals surface area (Å²) in [5.74, 6) is -4.01. The Labute approximate surface area is 225 Å². The van der Waals surface area contributed by atoms with Crippen molar-refractivity contribution in [3.8, 4) is 11.5 Å². The molecule has 39 heavy (non-hydrogen) atoms. The number of carbonyl (C=O) groups excluding carboxylic acids is 4. The van der Waals surface area contributed by atoms with Gasteiger partial charge in [0.25, 0.3) is 0 Å². The standard InChI is InChI=1S/C30H31NO8/c1-15-12-23(33)27-21(28(15)36)14-20-17(25(27)18-8-7-16(39-2)13-22(18)32)9-10-19-26(20)30(38)31(29(19)37)11-5-3-4-6-24(34)35/h7-9,12-13,19-20,25-26,32H,3-6,10-11,14H2,1-2H3,(H,34,35). The number of carboxylic acids is 1. The fraction of sp³-hybridized carbons (Fsp3) is 0.433. The number of methoxy groups -OCH3 is 1. The van der Waals surface area contributed by atoms with Crippen LogP contribution in [0.15, 0.2) is 52.6 Å². The third kappa shape index (κ3) is 4.49. The summed E-state index contributed by atoms with van der Waals surface area (Å²) in [5.41, 5.74) is 2.20. The first-order valence-corrected chi connectivity index (χ1v) is 13.3. The van der Waals surface area contributed by atoms with Crippen molar-refractivity contribution in [1.29, 1.82) is 0 Å². The van der Waals surface area contributed by atoms with Gasteiger partial charge in [-0.25, -0.2) is 0 Å². The molecular formula is C30H31NO8. The molecule has 1 aromatic rings. The maximum atomic E-state index is 13.7. The quantitative estimate of drug-likeness (QED) is 0.224. The Morgan fingerprint density at radius 1 is 1.08 bits per heavy atom. The van der Waals surface area contributed by atoms with Crippen LogP contribution in [-0.2, 0) is 24.0 Å². The molecule has 2 N–H and O–H groups in total. The summed E-state index contributed by atoms with van der Waals surface area (Å²) in [6.45, 7) is 1.82. The van der Waals surface area contributed by atoms with Crippen molar-refractivity contribution < 1.29 is 38.9 Å². The lowest BCUT2D eigenvalue weighted by Crippen LogP contribution is -2.39. The number of Topliss-reactive ketones (excluding diaryl/α,β-unsaturated/α-hetero) is 1. The molecule has 1 saturated heterocycles. The highest BCUT2D eigenvalue weighted by Crippen LogP contribution is 2.56. The maximum Gasteiger partial charge on any atom is 0.303 e. The molecule has 4 atom stereocenters. The second-order valence-corrected chi connectivity index (χ2v) is 10.7. The van der Waals surface area contributed by atoms with Gasteiger partial charge in [-0.3, -0.25) is 28.9 Å². The van der Waals surface area contributed by atoms with Crippen molar-refractivity contribution in [2.75, 3.05) is 13.7 Å². The first-order chi connectivity index (χ1) is 18.6. The van der Waals surface area contributed by atoms with E-state index in [1.165, 1.54) is 24.2 Å². The number of phenolic OH excluding ortho intramolecular Hbond substituents is 1. The number of carbonyl (C=O) groups is 5. The van der Waals surface area contributed by atoms with Crippen molar-refractivity contribution in [2.24, 2.45) is 17.8 Å². The third-order valence-electron chi connectivity index (χ3n) is 8.47. The zero-order chi connectivity index (χ0) is 28.0. The van der Waals surface area contributed by atoms with Crippen LogP contribution in [-0.4, -0.2) is 58.1 Å². The number of imide groups is 1. The van der Waals surface area contributed by atoms with Gasteiger partial charge in [-0.2, -0.15) is 0 Å². The van der Waals surface area contributed by atoms with Crippen LogP contribution in [0, 0.1) is 17.8 Å². The van der Waals surface area contributed by atoms with Gasteiger partial charge in [-0.1, -0.05) is 24.1 Å². The number of fused-ring (bicyclic) bond motifs is 3. The number of aliphatic carboxylic acids is 1. The number of nitrogens with zero attached hydrogens (tertiary/aromatic N) is 1. The summed E-state index contributed by atoms with van der Waals surface area (Å²) >= 11 is 0. The van der Waals surface area contributed by atoms with Crippen molar-refractivity contribution in [1.82, 2.24) is 4.90 Å². The van der Waals surface area contributed by atoms with Crippen LogP contribution in [0.2, 0.25) is 0 Å². The van der Waals surface area contributed by atoms with Gasteiger partial charge in [0, 0.05) is 47.2 Å². The molecule has 204 valence electrons. The molecule has 4 aliphatic rings. The molecule has 1 aliphatic heterocycles. The van der Waals surface area contributed by atoms with Gasteiger partial charge < -0.3 is 14.9 Å². The number of hydrogen-bond donors (Lipinski definition) is 2. The predicted octanol–water partition coefficient (Wildman–Crippen LogP) is 3.48. The second kappa shape index (κ2) is 10.3. The lowest BCUT2D eigenvalue weighted by atomic mass is 9.59. The SMILES string of the molecule is COc1ccc(C2C3=CCC4C(=O)N(CCCCCC(=O)O)C(=O)C4C3CC3=C2C(=O)C=C(C)C3=O)c(O)c1. The number of amides is 2. The molecule has 0 spiro atoms. The number of carboxylic acid groups (broad SMARTS) is 1. The molecule has 9 nitrogen and oxygen atoms in total. The van der Waals surface area contributed by atoms with Gasteiger partial charge in [0.2, 0.25) is 11.8 Å². The van der Waals surface area contributed by atoms with E-state index in [4.69, 9.17) is 9.84 Å². The zero-order valence-electron chi connectivity index (χ0n) is 21.9. The number of phenols is 1.